The van der Waals surface area contributed by atoms with Crippen LogP contribution in [0.4, 0.5) is 0 Å². The molecule has 15 heavy (non-hydrogen) atoms. The minimum Gasteiger partial charge on any atom is -0.0844 e. The van der Waals surface area contributed by atoms with Gasteiger partial charge in [0.1, 0.15) is 0 Å². The van der Waals surface area contributed by atoms with E-state index in [0.29, 0.717) is 0 Å². The van der Waals surface area contributed by atoms with Crippen molar-refractivity contribution in [2.75, 3.05) is 0 Å². The lowest BCUT2D eigenvalue weighted by Crippen LogP contribution is -1.97. The summed E-state index contributed by atoms with van der Waals surface area (Å²) in [5.41, 5.74) is 3.00. The van der Waals surface area contributed by atoms with Gasteiger partial charge in [0.15, 0.2) is 0 Å². The second-order valence-electron chi connectivity index (χ2n) is 3.56. The third-order valence-electron chi connectivity index (χ3n) is 2.55. The minimum absolute atomic E-state index is 0.819. The molecule has 0 nitrogen and oxygen atoms in total. The van der Waals surface area contributed by atoms with Crippen LogP contribution in [0, 0.1) is 5.92 Å². The molecule has 0 spiro atoms. The van der Waals surface area contributed by atoms with E-state index in [-0.39, 0.29) is 0 Å². The molecule has 2 aliphatic carbocycles. The Labute approximate surface area is 100 Å². The van der Waals surface area contributed by atoms with Crippen LogP contribution in [0.25, 0.3) is 0 Å². The fourth-order valence-electron chi connectivity index (χ4n) is 1.78. The molecule has 1 saturated carbocycles. The number of hydrogen-bond donors (Lipinski definition) is 0. The fourth-order valence-corrected chi connectivity index (χ4v) is 2.20. The van der Waals surface area contributed by atoms with Crippen molar-refractivity contribution in [3.05, 3.63) is 22.3 Å². The monoisotopic (exact) mass is 228 g/mol. The average Bonchev–Trinajstić information content (AvgIpc) is 3.08. The van der Waals surface area contributed by atoms with E-state index < -0.39 is 0 Å². The molecule has 0 bridgehead atoms. The van der Waals surface area contributed by atoms with Crippen molar-refractivity contribution >= 4 is 11.6 Å². The summed E-state index contributed by atoms with van der Waals surface area (Å²) in [5, 5.41) is 1.04. The van der Waals surface area contributed by atoms with Gasteiger partial charge in [-0.1, -0.05) is 50.9 Å². The standard InChI is InChI=1S/C10H13Cl.2C2H6/c1-7-3-2-4-9(11)10(7)8-5-6-8;2*1-2/h4,8H,2-3,5-6H2,1H3;2*1-2H3. The molecule has 88 valence electrons. The minimum atomic E-state index is 0.819. The van der Waals surface area contributed by atoms with Gasteiger partial charge < -0.3 is 0 Å². The fraction of sp³-hybridized carbons (Fsp3) is 0.714. The summed E-state index contributed by atoms with van der Waals surface area (Å²) < 4.78 is 0. The van der Waals surface area contributed by atoms with Gasteiger partial charge in [0.25, 0.3) is 0 Å². The Morgan fingerprint density at radius 3 is 2.07 bits per heavy atom. The number of rotatable bonds is 1. The van der Waals surface area contributed by atoms with Crippen LogP contribution in [-0.4, -0.2) is 0 Å². The van der Waals surface area contributed by atoms with Crippen molar-refractivity contribution < 1.29 is 0 Å². The average molecular weight is 229 g/mol. The van der Waals surface area contributed by atoms with Crippen LogP contribution in [0.15, 0.2) is 22.3 Å². The molecule has 1 fully saturated rings. The summed E-state index contributed by atoms with van der Waals surface area (Å²) in [6.07, 6.45) is 7.25. The van der Waals surface area contributed by atoms with Crippen LogP contribution in [0.2, 0.25) is 0 Å². The zero-order chi connectivity index (χ0) is 11.8. The van der Waals surface area contributed by atoms with Gasteiger partial charge >= 0.3 is 0 Å². The molecule has 0 heterocycles. The SMILES string of the molecule is CC.CC.CC1=C(C2CC2)C(Cl)=CCC1. The van der Waals surface area contributed by atoms with Gasteiger partial charge in [-0.05, 0) is 44.1 Å². The van der Waals surface area contributed by atoms with Crippen molar-refractivity contribution in [3.63, 3.8) is 0 Å². The van der Waals surface area contributed by atoms with Crippen LogP contribution >= 0.6 is 11.6 Å². The lowest BCUT2D eigenvalue weighted by molar-refractivity contribution is 0.880. The Morgan fingerprint density at radius 2 is 1.67 bits per heavy atom. The van der Waals surface area contributed by atoms with E-state index in [2.05, 4.69) is 13.0 Å². The zero-order valence-electron chi connectivity index (χ0n) is 10.9. The molecule has 2 aliphatic rings. The highest BCUT2D eigenvalue weighted by molar-refractivity contribution is 6.32. The molecule has 2 rings (SSSR count). The van der Waals surface area contributed by atoms with E-state index in [9.17, 15) is 0 Å². The van der Waals surface area contributed by atoms with Crippen molar-refractivity contribution in [2.24, 2.45) is 5.92 Å². The highest BCUT2D eigenvalue weighted by Gasteiger charge is 2.29. The summed E-state index contributed by atoms with van der Waals surface area (Å²) in [6.45, 7) is 10.2. The van der Waals surface area contributed by atoms with E-state index in [1.54, 1.807) is 0 Å². The molecule has 0 atom stereocenters. The van der Waals surface area contributed by atoms with Gasteiger partial charge in [-0.15, -0.1) is 0 Å². The van der Waals surface area contributed by atoms with E-state index in [1.807, 2.05) is 27.7 Å². The molecule has 1 heteroatoms. The highest BCUT2D eigenvalue weighted by atomic mass is 35.5. The van der Waals surface area contributed by atoms with Crippen LogP contribution in [-0.2, 0) is 0 Å². The first kappa shape index (κ1) is 14.8. The van der Waals surface area contributed by atoms with Crippen LogP contribution < -0.4 is 0 Å². The van der Waals surface area contributed by atoms with Gasteiger partial charge in [0.05, 0.1) is 0 Å². The summed E-state index contributed by atoms with van der Waals surface area (Å²) in [5.74, 6) is 0.819. The van der Waals surface area contributed by atoms with Crippen LogP contribution in [0.1, 0.15) is 60.3 Å². The molecular formula is C14H25Cl. The molecule has 0 amide bonds. The Morgan fingerprint density at radius 1 is 1.13 bits per heavy atom. The quantitative estimate of drug-likeness (QED) is 0.542. The predicted octanol–water partition coefficient (Wildman–Crippen LogP) is 5.68. The van der Waals surface area contributed by atoms with Gasteiger partial charge in [-0.2, -0.15) is 0 Å². The lowest BCUT2D eigenvalue weighted by atomic mass is 9.95. The van der Waals surface area contributed by atoms with Crippen LogP contribution in [0.5, 0.6) is 0 Å². The van der Waals surface area contributed by atoms with E-state index >= 15 is 0 Å². The maximum atomic E-state index is 6.12. The van der Waals surface area contributed by atoms with E-state index in [4.69, 9.17) is 11.6 Å². The van der Waals surface area contributed by atoms with Gasteiger partial charge in [0.2, 0.25) is 0 Å². The Bertz CT molecular complexity index is 232. The first-order valence-electron chi connectivity index (χ1n) is 6.34. The maximum Gasteiger partial charge on any atom is 0.0400 e. The van der Waals surface area contributed by atoms with Crippen molar-refractivity contribution in [3.8, 4) is 0 Å². The van der Waals surface area contributed by atoms with Gasteiger partial charge in [0, 0.05) is 5.03 Å². The lowest BCUT2D eigenvalue weighted by Gasteiger charge is -2.14. The van der Waals surface area contributed by atoms with Crippen molar-refractivity contribution in [1.29, 1.82) is 0 Å². The topological polar surface area (TPSA) is 0 Å². The van der Waals surface area contributed by atoms with Gasteiger partial charge in [-0.3, -0.25) is 0 Å². The zero-order valence-corrected chi connectivity index (χ0v) is 11.6. The first-order valence-corrected chi connectivity index (χ1v) is 6.72. The first-order chi connectivity index (χ1) is 7.29. The Hall–Kier alpha value is -0.230. The molecule has 0 aromatic heterocycles. The number of halogens is 1. The molecule has 0 unspecified atom stereocenters. The summed E-state index contributed by atoms with van der Waals surface area (Å²) in [7, 11) is 0. The van der Waals surface area contributed by atoms with Crippen molar-refractivity contribution in [1.82, 2.24) is 0 Å². The van der Waals surface area contributed by atoms with Crippen LogP contribution in [0.3, 0.4) is 0 Å². The molecule has 0 saturated heterocycles. The molecule has 0 aromatic rings. The molecular weight excluding hydrogens is 204 g/mol. The summed E-state index contributed by atoms with van der Waals surface area (Å²) >= 11 is 6.12. The van der Waals surface area contributed by atoms with E-state index in [1.165, 1.54) is 30.4 Å². The normalized spacial score (nSPS) is 19.5. The largest absolute Gasteiger partial charge is 0.0844 e. The Balaban J connectivity index is 0.000000442. The van der Waals surface area contributed by atoms with E-state index in [0.717, 1.165) is 17.4 Å². The van der Waals surface area contributed by atoms with Crippen molar-refractivity contribution in [2.45, 2.75) is 60.3 Å². The smallest absolute Gasteiger partial charge is 0.0400 e. The summed E-state index contributed by atoms with van der Waals surface area (Å²) in [6, 6.07) is 0. The number of hydrogen-bond acceptors (Lipinski definition) is 0. The Kier molecular flexibility index (Phi) is 7.86. The van der Waals surface area contributed by atoms with Gasteiger partial charge in [-0.25, -0.2) is 0 Å². The molecule has 0 aromatic carbocycles. The molecule has 0 aliphatic heterocycles. The molecule has 0 N–H and O–H groups in total. The summed E-state index contributed by atoms with van der Waals surface area (Å²) in [4.78, 5) is 0. The maximum absolute atomic E-state index is 6.12. The third kappa shape index (κ3) is 4.42. The highest BCUT2D eigenvalue weighted by Crippen LogP contribution is 2.45. The second kappa shape index (κ2) is 7.98. The number of allylic oxidation sites excluding steroid dienone is 4. The predicted molar refractivity (Wildman–Crippen MR) is 71.3 cm³/mol. The molecule has 0 radical (unpaired) electrons. The third-order valence-corrected chi connectivity index (χ3v) is 2.90. The second-order valence-corrected chi connectivity index (χ2v) is 3.97.